The van der Waals surface area contributed by atoms with Gasteiger partial charge >= 0.3 is 0 Å². The molecule has 0 aromatic heterocycles. The van der Waals surface area contributed by atoms with Crippen LogP contribution in [0.4, 0.5) is 11.4 Å². The summed E-state index contributed by atoms with van der Waals surface area (Å²) >= 11 is 11.7. The summed E-state index contributed by atoms with van der Waals surface area (Å²) in [6.45, 7) is 1.94. The van der Waals surface area contributed by atoms with E-state index >= 15 is 0 Å². The van der Waals surface area contributed by atoms with Crippen LogP contribution < -0.4 is 5.32 Å². The second-order valence-corrected chi connectivity index (χ2v) is 5.38. The Bertz CT molecular complexity index is 748. The molecule has 114 valence electrons. The molecule has 0 fully saturated rings. The van der Waals surface area contributed by atoms with E-state index in [2.05, 4.69) is 5.32 Å². The highest BCUT2D eigenvalue weighted by atomic mass is 35.5. The summed E-state index contributed by atoms with van der Waals surface area (Å²) in [6.07, 6.45) is 0.691. The maximum atomic E-state index is 12.2. The van der Waals surface area contributed by atoms with E-state index in [0.29, 0.717) is 17.1 Å². The predicted octanol–water partition coefficient (Wildman–Crippen LogP) is 4.72. The molecule has 2 aromatic rings. The van der Waals surface area contributed by atoms with Crippen LogP contribution in [-0.2, 0) is 6.42 Å². The second kappa shape index (κ2) is 6.77. The Morgan fingerprint density at radius 2 is 1.95 bits per heavy atom. The average molecular weight is 339 g/mol. The van der Waals surface area contributed by atoms with Gasteiger partial charge in [-0.1, -0.05) is 30.1 Å². The smallest absolute Gasteiger partial charge is 0.288 e. The molecule has 0 heterocycles. The maximum Gasteiger partial charge on any atom is 0.288 e. The summed E-state index contributed by atoms with van der Waals surface area (Å²) in [5.41, 5.74) is 1.35. The first-order valence-electron chi connectivity index (χ1n) is 6.46. The van der Waals surface area contributed by atoms with Crippen LogP contribution in [0.2, 0.25) is 10.0 Å². The highest BCUT2D eigenvalue weighted by Gasteiger charge is 2.17. The molecule has 0 aliphatic carbocycles. The minimum Gasteiger partial charge on any atom is -0.322 e. The Morgan fingerprint density at radius 3 is 2.59 bits per heavy atom. The summed E-state index contributed by atoms with van der Waals surface area (Å²) in [7, 11) is 0. The van der Waals surface area contributed by atoms with Crippen molar-refractivity contribution < 1.29 is 9.72 Å². The normalized spacial score (nSPS) is 10.3. The zero-order valence-corrected chi connectivity index (χ0v) is 13.1. The molecule has 5 nitrogen and oxygen atoms in total. The Balaban J connectivity index is 2.30. The van der Waals surface area contributed by atoms with Crippen LogP contribution in [0.15, 0.2) is 36.4 Å². The number of rotatable bonds is 4. The molecule has 1 N–H and O–H groups in total. The molecule has 0 unspecified atom stereocenters. The van der Waals surface area contributed by atoms with Gasteiger partial charge in [0.15, 0.2) is 0 Å². The van der Waals surface area contributed by atoms with Crippen molar-refractivity contribution in [1.29, 1.82) is 0 Å². The number of halogens is 2. The quantitative estimate of drug-likeness (QED) is 0.647. The first kappa shape index (κ1) is 16.3. The fraction of sp³-hybridized carbons (Fsp3) is 0.133. The molecule has 22 heavy (non-hydrogen) atoms. The van der Waals surface area contributed by atoms with Crippen molar-refractivity contribution in [2.24, 2.45) is 0 Å². The van der Waals surface area contributed by atoms with E-state index in [9.17, 15) is 14.9 Å². The molecule has 2 rings (SSSR count). The van der Waals surface area contributed by atoms with Crippen molar-refractivity contribution in [3.63, 3.8) is 0 Å². The third-order valence-corrected chi connectivity index (χ3v) is 3.66. The molecular formula is C15H12Cl2N2O3. The van der Waals surface area contributed by atoms with E-state index in [1.165, 1.54) is 12.1 Å². The number of carbonyl (C=O) groups excluding carboxylic acids is 1. The highest BCUT2D eigenvalue weighted by molar-refractivity contribution is 6.32. The second-order valence-electron chi connectivity index (χ2n) is 4.53. The minimum absolute atomic E-state index is 0.0118. The van der Waals surface area contributed by atoms with Crippen LogP contribution in [0, 0.1) is 10.1 Å². The Morgan fingerprint density at radius 1 is 1.23 bits per heavy atom. The van der Waals surface area contributed by atoms with Gasteiger partial charge < -0.3 is 5.32 Å². The van der Waals surface area contributed by atoms with Crippen LogP contribution in [0.25, 0.3) is 0 Å². The maximum absolute atomic E-state index is 12.2. The van der Waals surface area contributed by atoms with Crippen molar-refractivity contribution in [1.82, 2.24) is 0 Å². The zero-order chi connectivity index (χ0) is 16.3. The van der Waals surface area contributed by atoms with Gasteiger partial charge in [0.25, 0.3) is 11.6 Å². The number of nitrogens with one attached hydrogen (secondary N) is 1. The fourth-order valence-corrected chi connectivity index (χ4v) is 2.35. The number of carbonyl (C=O) groups is 1. The summed E-state index contributed by atoms with van der Waals surface area (Å²) in [5, 5.41) is 14.2. The standard InChI is InChI=1S/C15H12Cl2N2O3/c1-2-9-7-11(16)4-6-13(9)18-15(20)10-3-5-12(17)14(8-10)19(21)22/h3-8H,2H2,1H3,(H,18,20). The lowest BCUT2D eigenvalue weighted by Gasteiger charge is -2.10. The summed E-state index contributed by atoms with van der Waals surface area (Å²) in [6, 6.07) is 9.05. The topological polar surface area (TPSA) is 72.2 Å². The number of hydrogen-bond acceptors (Lipinski definition) is 3. The van der Waals surface area contributed by atoms with Gasteiger partial charge in [-0.2, -0.15) is 0 Å². The number of hydrogen-bond donors (Lipinski definition) is 1. The van der Waals surface area contributed by atoms with Gasteiger partial charge in [0.2, 0.25) is 0 Å². The van der Waals surface area contributed by atoms with Crippen LogP contribution in [-0.4, -0.2) is 10.8 Å². The number of aryl methyl sites for hydroxylation is 1. The summed E-state index contributed by atoms with van der Waals surface area (Å²) in [4.78, 5) is 22.5. The monoisotopic (exact) mass is 338 g/mol. The lowest BCUT2D eigenvalue weighted by Crippen LogP contribution is -2.13. The predicted molar refractivity (Wildman–Crippen MR) is 86.9 cm³/mol. The van der Waals surface area contributed by atoms with Gasteiger partial charge in [0.05, 0.1) is 4.92 Å². The van der Waals surface area contributed by atoms with Gasteiger partial charge in [-0.25, -0.2) is 0 Å². The fourth-order valence-electron chi connectivity index (χ4n) is 1.97. The Hall–Kier alpha value is -2.11. The van der Waals surface area contributed by atoms with E-state index in [0.717, 1.165) is 11.6 Å². The average Bonchev–Trinajstić information content (AvgIpc) is 2.49. The van der Waals surface area contributed by atoms with Crippen LogP contribution >= 0.6 is 23.2 Å². The van der Waals surface area contributed by atoms with Crippen molar-refractivity contribution in [2.45, 2.75) is 13.3 Å². The van der Waals surface area contributed by atoms with Crippen molar-refractivity contribution in [2.75, 3.05) is 5.32 Å². The van der Waals surface area contributed by atoms with E-state index in [-0.39, 0.29) is 16.3 Å². The van der Waals surface area contributed by atoms with Gasteiger partial charge in [-0.05, 0) is 42.3 Å². The number of nitro benzene ring substituents is 1. The Labute approximate surface area is 137 Å². The molecule has 0 saturated carbocycles. The largest absolute Gasteiger partial charge is 0.322 e. The van der Waals surface area contributed by atoms with Crippen LogP contribution in [0.3, 0.4) is 0 Å². The molecule has 2 aromatic carbocycles. The van der Waals surface area contributed by atoms with Gasteiger partial charge in [0.1, 0.15) is 5.02 Å². The van der Waals surface area contributed by atoms with Crippen molar-refractivity contribution >= 4 is 40.5 Å². The number of nitro groups is 1. The molecular weight excluding hydrogens is 327 g/mol. The number of benzene rings is 2. The van der Waals surface area contributed by atoms with Gasteiger partial charge in [-0.3, -0.25) is 14.9 Å². The minimum atomic E-state index is -0.626. The molecule has 7 heteroatoms. The zero-order valence-electron chi connectivity index (χ0n) is 11.6. The summed E-state index contributed by atoms with van der Waals surface area (Å²) in [5.74, 6) is -0.447. The summed E-state index contributed by atoms with van der Waals surface area (Å²) < 4.78 is 0. The number of amides is 1. The number of nitrogens with zero attached hydrogens (tertiary/aromatic N) is 1. The lowest BCUT2D eigenvalue weighted by atomic mass is 10.1. The first-order chi connectivity index (χ1) is 10.4. The highest BCUT2D eigenvalue weighted by Crippen LogP contribution is 2.26. The van der Waals surface area contributed by atoms with E-state index in [4.69, 9.17) is 23.2 Å². The molecule has 0 aliphatic heterocycles. The third-order valence-electron chi connectivity index (χ3n) is 3.10. The van der Waals surface area contributed by atoms with Crippen molar-refractivity contribution in [3.05, 3.63) is 67.7 Å². The molecule has 0 spiro atoms. The van der Waals surface area contributed by atoms with E-state index in [1.807, 2.05) is 6.92 Å². The lowest BCUT2D eigenvalue weighted by molar-refractivity contribution is -0.384. The molecule has 0 atom stereocenters. The molecule has 0 saturated heterocycles. The van der Waals surface area contributed by atoms with E-state index < -0.39 is 10.8 Å². The first-order valence-corrected chi connectivity index (χ1v) is 7.21. The molecule has 1 amide bonds. The Kier molecular flexibility index (Phi) is 5.00. The van der Waals surface area contributed by atoms with Crippen LogP contribution in [0.1, 0.15) is 22.8 Å². The van der Waals surface area contributed by atoms with Crippen LogP contribution in [0.5, 0.6) is 0 Å². The third kappa shape index (κ3) is 3.55. The molecule has 0 aliphatic rings. The SMILES string of the molecule is CCc1cc(Cl)ccc1NC(=O)c1ccc(Cl)c([N+](=O)[O-])c1. The van der Waals surface area contributed by atoms with Gasteiger partial charge in [0, 0.05) is 22.3 Å². The molecule has 0 bridgehead atoms. The van der Waals surface area contributed by atoms with Crippen molar-refractivity contribution in [3.8, 4) is 0 Å². The number of anilines is 1. The van der Waals surface area contributed by atoms with Gasteiger partial charge in [-0.15, -0.1) is 0 Å². The molecule has 0 radical (unpaired) electrons. The van der Waals surface area contributed by atoms with E-state index in [1.54, 1.807) is 18.2 Å².